The molecule has 0 unspecified atom stereocenters. The third-order valence-corrected chi connectivity index (χ3v) is 1.85. The fourth-order valence-electron chi connectivity index (χ4n) is 1.28. The highest BCUT2D eigenvalue weighted by Gasteiger charge is 2.13. The molecule has 0 atom stereocenters. The van der Waals surface area contributed by atoms with Gasteiger partial charge in [-0.05, 0) is 65.8 Å². The van der Waals surface area contributed by atoms with Crippen LogP contribution in [0.5, 0.6) is 11.5 Å². The maximum absolute atomic E-state index is 9.25. The van der Waals surface area contributed by atoms with Crippen LogP contribution in [0.25, 0.3) is 0 Å². The second kappa shape index (κ2) is 7.72. The van der Waals surface area contributed by atoms with E-state index in [9.17, 15) is 4.79 Å². The zero-order valence-corrected chi connectivity index (χ0v) is 13.8. The summed E-state index contributed by atoms with van der Waals surface area (Å²) in [5.41, 5.74) is -0.321. The van der Waals surface area contributed by atoms with E-state index < -0.39 is 5.97 Å². The first-order valence-corrected chi connectivity index (χ1v) is 6.76. The maximum atomic E-state index is 9.25. The van der Waals surface area contributed by atoms with Gasteiger partial charge in [0.1, 0.15) is 22.7 Å². The quantitative estimate of drug-likeness (QED) is 0.844. The number of ether oxygens (including phenoxy) is 2. The van der Waals surface area contributed by atoms with Crippen LogP contribution in [0.4, 0.5) is 0 Å². The zero-order valence-electron chi connectivity index (χ0n) is 13.8. The van der Waals surface area contributed by atoms with E-state index in [1.807, 2.05) is 65.8 Å². The fourth-order valence-corrected chi connectivity index (χ4v) is 1.28. The molecule has 0 saturated heterocycles. The van der Waals surface area contributed by atoms with E-state index in [1.54, 1.807) is 0 Å². The van der Waals surface area contributed by atoms with Gasteiger partial charge in [0.25, 0.3) is 0 Å². The van der Waals surface area contributed by atoms with E-state index in [2.05, 4.69) is 6.58 Å². The van der Waals surface area contributed by atoms with E-state index in [0.717, 1.165) is 17.6 Å². The van der Waals surface area contributed by atoms with Crippen LogP contribution in [0, 0.1) is 0 Å². The molecule has 0 aliphatic heterocycles. The van der Waals surface area contributed by atoms with Crippen LogP contribution in [0.15, 0.2) is 36.9 Å². The molecule has 4 heteroatoms. The molecule has 0 fully saturated rings. The van der Waals surface area contributed by atoms with Gasteiger partial charge in [0.15, 0.2) is 0 Å². The molecule has 0 radical (unpaired) electrons. The highest BCUT2D eigenvalue weighted by Crippen LogP contribution is 2.23. The first-order valence-electron chi connectivity index (χ1n) is 6.76. The molecule has 1 N–H and O–H groups in total. The Morgan fingerprint density at radius 3 is 1.33 bits per heavy atom. The van der Waals surface area contributed by atoms with Gasteiger partial charge in [-0.1, -0.05) is 6.58 Å². The second-order valence-corrected chi connectivity index (χ2v) is 6.44. The van der Waals surface area contributed by atoms with Crippen LogP contribution in [0.1, 0.15) is 41.5 Å². The summed E-state index contributed by atoms with van der Waals surface area (Å²) in [6.07, 6.45) is 0.833. The van der Waals surface area contributed by atoms with Gasteiger partial charge < -0.3 is 14.6 Å². The number of benzene rings is 1. The van der Waals surface area contributed by atoms with Crippen molar-refractivity contribution in [3.8, 4) is 11.5 Å². The average Bonchev–Trinajstić information content (AvgIpc) is 2.29. The molecular formula is C17H26O4. The highest BCUT2D eigenvalue weighted by atomic mass is 16.5. The molecule has 0 saturated carbocycles. The van der Waals surface area contributed by atoms with E-state index in [1.165, 1.54) is 0 Å². The first-order chi connectivity index (χ1) is 9.43. The Bertz CT molecular complexity index is 412. The topological polar surface area (TPSA) is 55.8 Å². The molecule has 21 heavy (non-hydrogen) atoms. The van der Waals surface area contributed by atoms with E-state index in [0.29, 0.717) is 0 Å². The fraction of sp³-hybridized carbons (Fsp3) is 0.471. The van der Waals surface area contributed by atoms with Gasteiger partial charge in [0.05, 0.1) is 0 Å². The van der Waals surface area contributed by atoms with Gasteiger partial charge in [-0.2, -0.15) is 0 Å². The maximum Gasteiger partial charge on any atom is 0.327 e. The minimum atomic E-state index is -0.981. The lowest BCUT2D eigenvalue weighted by atomic mass is 10.2. The van der Waals surface area contributed by atoms with Crippen molar-refractivity contribution in [2.45, 2.75) is 52.7 Å². The standard InChI is InChI=1S/C14H22O2.C3H4O2/c1-13(2,3)15-11-7-9-12(10-8-11)16-14(4,5)6;1-2-3(4)5/h7-10H,1-6H3;2H,1H2,(H,4,5). The Morgan fingerprint density at radius 2 is 1.19 bits per heavy atom. The second-order valence-electron chi connectivity index (χ2n) is 6.44. The molecule has 0 bridgehead atoms. The zero-order chi connectivity index (χ0) is 16.7. The number of rotatable bonds is 3. The number of carbonyl (C=O) groups is 1. The van der Waals surface area contributed by atoms with Gasteiger partial charge in [-0.3, -0.25) is 0 Å². The normalized spacial score (nSPS) is 11.0. The van der Waals surface area contributed by atoms with Crippen LogP contribution < -0.4 is 9.47 Å². The van der Waals surface area contributed by atoms with Crippen LogP contribution in [-0.4, -0.2) is 22.3 Å². The average molecular weight is 294 g/mol. The molecule has 0 aliphatic rings. The monoisotopic (exact) mass is 294 g/mol. The summed E-state index contributed by atoms with van der Waals surface area (Å²) in [5, 5.41) is 7.60. The van der Waals surface area contributed by atoms with Gasteiger partial charge in [0.2, 0.25) is 0 Å². The molecular weight excluding hydrogens is 268 g/mol. The Kier molecular flexibility index (Phi) is 6.99. The molecule has 0 heterocycles. The Hall–Kier alpha value is -1.97. The first kappa shape index (κ1) is 19.0. The number of carboxylic acid groups (broad SMARTS) is 1. The lowest BCUT2D eigenvalue weighted by Gasteiger charge is -2.23. The summed E-state index contributed by atoms with van der Waals surface area (Å²) in [7, 11) is 0. The molecule has 1 rings (SSSR count). The highest BCUT2D eigenvalue weighted by molar-refractivity contribution is 5.78. The van der Waals surface area contributed by atoms with Crippen molar-refractivity contribution >= 4 is 5.97 Å². The summed E-state index contributed by atoms with van der Waals surface area (Å²) in [6, 6.07) is 7.75. The molecule has 1 aromatic rings. The number of aliphatic carboxylic acids is 1. The van der Waals surface area contributed by atoms with Gasteiger partial charge in [-0.25, -0.2) is 4.79 Å². The van der Waals surface area contributed by atoms with Gasteiger partial charge in [-0.15, -0.1) is 0 Å². The van der Waals surface area contributed by atoms with E-state index in [4.69, 9.17) is 14.6 Å². The summed E-state index contributed by atoms with van der Waals surface area (Å²) in [6.45, 7) is 15.2. The summed E-state index contributed by atoms with van der Waals surface area (Å²) in [4.78, 5) is 9.25. The largest absolute Gasteiger partial charge is 0.488 e. The number of carboxylic acids is 1. The van der Waals surface area contributed by atoms with Crippen molar-refractivity contribution in [2.75, 3.05) is 0 Å². The van der Waals surface area contributed by atoms with Crippen LogP contribution in [0.2, 0.25) is 0 Å². The minimum absolute atomic E-state index is 0.160. The predicted octanol–water partition coefficient (Wildman–Crippen LogP) is 4.30. The molecule has 1 aromatic carbocycles. The van der Waals surface area contributed by atoms with E-state index in [-0.39, 0.29) is 11.2 Å². The molecule has 0 aromatic heterocycles. The van der Waals surface area contributed by atoms with E-state index >= 15 is 0 Å². The number of hydrogen-bond acceptors (Lipinski definition) is 3. The van der Waals surface area contributed by atoms with Crippen molar-refractivity contribution < 1.29 is 19.4 Å². The molecule has 0 spiro atoms. The van der Waals surface area contributed by atoms with Crippen LogP contribution in [0.3, 0.4) is 0 Å². The van der Waals surface area contributed by atoms with Crippen molar-refractivity contribution in [2.24, 2.45) is 0 Å². The summed E-state index contributed by atoms with van der Waals surface area (Å²) in [5.74, 6) is 0.757. The smallest absolute Gasteiger partial charge is 0.327 e. The Labute approximate surface area is 127 Å². The predicted molar refractivity (Wildman–Crippen MR) is 85.0 cm³/mol. The van der Waals surface area contributed by atoms with Crippen molar-refractivity contribution in [1.29, 1.82) is 0 Å². The molecule has 0 aliphatic carbocycles. The van der Waals surface area contributed by atoms with Crippen molar-refractivity contribution in [3.05, 3.63) is 36.9 Å². The van der Waals surface area contributed by atoms with Crippen molar-refractivity contribution in [1.82, 2.24) is 0 Å². The third-order valence-electron chi connectivity index (χ3n) is 1.85. The van der Waals surface area contributed by atoms with Gasteiger partial charge in [0, 0.05) is 6.08 Å². The van der Waals surface area contributed by atoms with Gasteiger partial charge >= 0.3 is 5.97 Å². The molecule has 118 valence electrons. The van der Waals surface area contributed by atoms with Crippen molar-refractivity contribution in [3.63, 3.8) is 0 Å². The summed E-state index contributed by atoms with van der Waals surface area (Å²) >= 11 is 0. The third kappa shape index (κ3) is 11.5. The molecule has 0 amide bonds. The Morgan fingerprint density at radius 1 is 0.952 bits per heavy atom. The lowest BCUT2D eigenvalue weighted by Crippen LogP contribution is -2.23. The number of hydrogen-bond donors (Lipinski definition) is 1. The lowest BCUT2D eigenvalue weighted by molar-refractivity contribution is -0.131. The SMILES string of the molecule is C=CC(=O)O.CC(C)(C)Oc1ccc(OC(C)(C)C)cc1. The minimum Gasteiger partial charge on any atom is -0.488 e. The Balaban J connectivity index is 0.000000690. The van der Waals surface area contributed by atoms with Crippen LogP contribution in [-0.2, 0) is 4.79 Å². The van der Waals surface area contributed by atoms with Crippen LogP contribution >= 0.6 is 0 Å². The molecule has 4 nitrogen and oxygen atoms in total. The summed E-state index contributed by atoms with van der Waals surface area (Å²) < 4.78 is 11.5.